The summed E-state index contributed by atoms with van der Waals surface area (Å²) in [5, 5.41) is 11.1. The first kappa shape index (κ1) is 12.0. The maximum absolute atomic E-state index is 11.0. The second-order valence-electron chi connectivity index (χ2n) is 4.18. The van der Waals surface area contributed by atoms with Crippen LogP contribution in [0.1, 0.15) is 12.0 Å². The predicted octanol–water partition coefficient (Wildman–Crippen LogP) is 1.50. The molecule has 2 rings (SSSR count). The second kappa shape index (κ2) is 4.44. The number of hydrogen-bond acceptors (Lipinski definition) is 4. The maximum Gasteiger partial charge on any atom is 0.325 e. The molecular weight excluding hydrogens is 292 g/mol. The molecule has 3 N–H and O–H groups in total. The van der Waals surface area contributed by atoms with Crippen molar-refractivity contribution in [2.75, 3.05) is 13.1 Å². The first-order valence-electron chi connectivity index (χ1n) is 4.97. The Kier molecular flexibility index (Phi) is 3.34. The summed E-state index contributed by atoms with van der Waals surface area (Å²) in [6.45, 7) is 1.94. The van der Waals surface area contributed by atoms with Gasteiger partial charge in [-0.3, -0.25) is 9.69 Å². The Morgan fingerprint density at radius 3 is 3.00 bits per heavy atom. The Morgan fingerprint density at radius 1 is 1.75 bits per heavy atom. The highest BCUT2D eigenvalue weighted by Gasteiger charge is 2.41. The van der Waals surface area contributed by atoms with E-state index in [9.17, 15) is 4.79 Å². The molecule has 1 atom stereocenters. The summed E-state index contributed by atoms with van der Waals surface area (Å²) in [5.74, 6) is -0.901. The van der Waals surface area contributed by atoms with Gasteiger partial charge in [0.05, 0.1) is 3.79 Å². The molecule has 0 bridgehead atoms. The summed E-state index contributed by atoms with van der Waals surface area (Å²) in [5.41, 5.74) is 5.94. The van der Waals surface area contributed by atoms with E-state index in [1.165, 1.54) is 5.56 Å². The average molecular weight is 305 g/mol. The van der Waals surface area contributed by atoms with Gasteiger partial charge in [0, 0.05) is 19.6 Å². The molecule has 0 radical (unpaired) electrons. The summed E-state index contributed by atoms with van der Waals surface area (Å²) in [6.07, 6.45) is 0.521. The molecule has 6 heteroatoms. The third kappa shape index (κ3) is 2.45. The van der Waals surface area contributed by atoms with Crippen LogP contribution in [0.5, 0.6) is 0 Å². The molecule has 1 aliphatic heterocycles. The number of halogens is 1. The van der Waals surface area contributed by atoms with Crippen LogP contribution >= 0.6 is 27.3 Å². The predicted molar refractivity (Wildman–Crippen MR) is 66.5 cm³/mol. The van der Waals surface area contributed by atoms with Crippen molar-refractivity contribution in [2.24, 2.45) is 5.73 Å². The summed E-state index contributed by atoms with van der Waals surface area (Å²) in [4.78, 5) is 13.1. The summed E-state index contributed by atoms with van der Waals surface area (Å²) >= 11 is 5.04. The summed E-state index contributed by atoms with van der Waals surface area (Å²) < 4.78 is 1.10. The van der Waals surface area contributed by atoms with Crippen molar-refractivity contribution in [1.82, 2.24) is 4.90 Å². The number of thiophene rings is 1. The van der Waals surface area contributed by atoms with Crippen molar-refractivity contribution in [1.29, 1.82) is 0 Å². The van der Waals surface area contributed by atoms with E-state index in [1.54, 1.807) is 11.3 Å². The van der Waals surface area contributed by atoms with Crippen LogP contribution in [0.2, 0.25) is 0 Å². The number of nitrogens with two attached hydrogens (primary N) is 1. The molecule has 0 amide bonds. The van der Waals surface area contributed by atoms with Gasteiger partial charge in [0.2, 0.25) is 0 Å². The molecule has 1 fully saturated rings. The minimum Gasteiger partial charge on any atom is -0.480 e. The number of likely N-dealkylation sites (tertiary alicyclic amines) is 1. The lowest BCUT2D eigenvalue weighted by Gasteiger charge is -2.19. The normalized spacial score (nSPS) is 26.1. The minimum atomic E-state index is -1.06. The Balaban J connectivity index is 1.97. The molecule has 1 aliphatic rings. The van der Waals surface area contributed by atoms with Crippen LogP contribution in [0.4, 0.5) is 0 Å². The standard InChI is InChI=1S/C10H13BrN2O2S/c11-8-3-7(5-16-8)4-13-2-1-10(12,6-13)9(14)15/h3,5H,1-2,4,6,12H2,(H,14,15). The molecule has 1 unspecified atom stereocenters. The van der Waals surface area contributed by atoms with Crippen molar-refractivity contribution in [3.8, 4) is 0 Å². The fraction of sp³-hybridized carbons (Fsp3) is 0.500. The Morgan fingerprint density at radius 2 is 2.50 bits per heavy atom. The third-order valence-corrected chi connectivity index (χ3v) is 4.39. The highest BCUT2D eigenvalue weighted by atomic mass is 79.9. The second-order valence-corrected chi connectivity index (χ2v) is 6.47. The lowest BCUT2D eigenvalue weighted by atomic mass is 10.0. The highest BCUT2D eigenvalue weighted by Crippen LogP contribution is 2.25. The molecule has 2 heterocycles. The van der Waals surface area contributed by atoms with Crippen LogP contribution in [0.25, 0.3) is 0 Å². The largest absolute Gasteiger partial charge is 0.480 e. The molecule has 0 saturated carbocycles. The fourth-order valence-corrected chi connectivity index (χ4v) is 3.11. The van der Waals surface area contributed by atoms with E-state index < -0.39 is 11.5 Å². The zero-order chi connectivity index (χ0) is 11.8. The SMILES string of the molecule is NC1(C(=O)O)CCN(Cc2csc(Br)c2)C1. The molecule has 1 saturated heterocycles. The summed E-state index contributed by atoms with van der Waals surface area (Å²) in [7, 11) is 0. The molecular formula is C10H13BrN2O2S. The Hall–Kier alpha value is -0.430. The van der Waals surface area contributed by atoms with E-state index in [-0.39, 0.29) is 0 Å². The lowest BCUT2D eigenvalue weighted by Crippen LogP contribution is -2.49. The zero-order valence-electron chi connectivity index (χ0n) is 8.65. The van der Waals surface area contributed by atoms with Crippen LogP contribution in [0, 0.1) is 0 Å². The van der Waals surface area contributed by atoms with Gasteiger partial charge in [-0.1, -0.05) is 0 Å². The number of hydrogen-bond donors (Lipinski definition) is 2. The van der Waals surface area contributed by atoms with E-state index in [1.807, 2.05) is 0 Å². The Bertz CT molecular complexity index is 409. The first-order chi connectivity index (χ1) is 7.49. The monoisotopic (exact) mass is 304 g/mol. The van der Waals surface area contributed by atoms with Gasteiger partial charge < -0.3 is 10.8 Å². The molecule has 1 aromatic rings. The van der Waals surface area contributed by atoms with Crippen molar-refractivity contribution >= 4 is 33.2 Å². The van der Waals surface area contributed by atoms with Crippen molar-refractivity contribution in [3.63, 3.8) is 0 Å². The highest BCUT2D eigenvalue weighted by molar-refractivity contribution is 9.11. The number of carbonyl (C=O) groups is 1. The third-order valence-electron chi connectivity index (χ3n) is 2.83. The van der Waals surface area contributed by atoms with Gasteiger partial charge in [-0.05, 0) is 39.4 Å². The van der Waals surface area contributed by atoms with Gasteiger partial charge in [-0.2, -0.15) is 0 Å². The zero-order valence-corrected chi connectivity index (χ0v) is 11.1. The number of rotatable bonds is 3. The van der Waals surface area contributed by atoms with Crippen LogP contribution in [-0.2, 0) is 11.3 Å². The quantitative estimate of drug-likeness (QED) is 0.888. The molecule has 0 aliphatic carbocycles. The molecule has 0 aromatic carbocycles. The van der Waals surface area contributed by atoms with E-state index in [0.29, 0.717) is 13.0 Å². The van der Waals surface area contributed by atoms with Crippen LogP contribution in [0.3, 0.4) is 0 Å². The van der Waals surface area contributed by atoms with Gasteiger partial charge in [-0.15, -0.1) is 11.3 Å². The molecule has 88 valence electrons. The van der Waals surface area contributed by atoms with E-state index >= 15 is 0 Å². The molecule has 16 heavy (non-hydrogen) atoms. The van der Waals surface area contributed by atoms with Crippen LogP contribution in [-0.4, -0.2) is 34.6 Å². The topological polar surface area (TPSA) is 66.6 Å². The summed E-state index contributed by atoms with van der Waals surface area (Å²) in [6, 6.07) is 2.06. The van der Waals surface area contributed by atoms with Crippen LogP contribution < -0.4 is 5.73 Å². The number of carboxylic acids is 1. The van der Waals surface area contributed by atoms with Gasteiger partial charge in [0.1, 0.15) is 5.54 Å². The molecule has 4 nitrogen and oxygen atoms in total. The van der Waals surface area contributed by atoms with Gasteiger partial charge >= 0.3 is 5.97 Å². The fourth-order valence-electron chi connectivity index (χ4n) is 1.91. The minimum absolute atomic E-state index is 0.426. The van der Waals surface area contributed by atoms with E-state index in [4.69, 9.17) is 10.8 Å². The van der Waals surface area contributed by atoms with Gasteiger partial charge in [0.25, 0.3) is 0 Å². The lowest BCUT2D eigenvalue weighted by molar-refractivity contribution is -0.142. The van der Waals surface area contributed by atoms with Gasteiger partial charge in [0.15, 0.2) is 0 Å². The smallest absolute Gasteiger partial charge is 0.325 e. The molecule has 0 spiro atoms. The molecule has 1 aromatic heterocycles. The van der Waals surface area contributed by atoms with E-state index in [2.05, 4.69) is 32.3 Å². The van der Waals surface area contributed by atoms with Crippen LogP contribution in [0.15, 0.2) is 15.2 Å². The Labute approximate surface area is 106 Å². The number of nitrogens with zero attached hydrogens (tertiary/aromatic N) is 1. The maximum atomic E-state index is 11.0. The van der Waals surface area contributed by atoms with Crippen molar-refractivity contribution in [3.05, 3.63) is 20.8 Å². The number of aliphatic carboxylic acids is 1. The van der Waals surface area contributed by atoms with Crippen molar-refractivity contribution in [2.45, 2.75) is 18.5 Å². The number of carboxylic acid groups (broad SMARTS) is 1. The van der Waals surface area contributed by atoms with E-state index in [0.717, 1.165) is 16.9 Å². The average Bonchev–Trinajstić information content (AvgIpc) is 2.75. The first-order valence-corrected chi connectivity index (χ1v) is 6.64. The van der Waals surface area contributed by atoms with Gasteiger partial charge in [-0.25, -0.2) is 0 Å². The van der Waals surface area contributed by atoms with Crippen molar-refractivity contribution < 1.29 is 9.90 Å².